The lowest BCUT2D eigenvalue weighted by Gasteiger charge is -2.59. The molecular formula is C31H30O13. The number of aliphatic hydroxyl groups is 1. The molecule has 4 aliphatic heterocycles. The van der Waals surface area contributed by atoms with E-state index in [2.05, 4.69) is 0 Å². The highest BCUT2D eigenvalue weighted by atomic mass is 16.7. The first-order chi connectivity index (χ1) is 20.9. The molecule has 232 valence electrons. The molecule has 13 heteroatoms. The molecule has 44 heavy (non-hydrogen) atoms. The van der Waals surface area contributed by atoms with Crippen LogP contribution >= 0.6 is 0 Å². The van der Waals surface area contributed by atoms with E-state index in [4.69, 9.17) is 37.9 Å². The fourth-order valence-corrected chi connectivity index (χ4v) is 6.68. The Bertz CT molecular complexity index is 1600. The average molecular weight is 611 g/mol. The second-order valence-corrected chi connectivity index (χ2v) is 11.1. The van der Waals surface area contributed by atoms with Gasteiger partial charge in [0.2, 0.25) is 12.5 Å². The summed E-state index contributed by atoms with van der Waals surface area (Å²) in [6.45, 7) is 3.67. The van der Waals surface area contributed by atoms with Gasteiger partial charge in [0.1, 0.15) is 23.7 Å². The molecule has 6 atom stereocenters. The highest BCUT2D eigenvalue weighted by Crippen LogP contribution is 2.67. The standard InChI is InChI=1S/C31H30O13/c1-15-23(42-16(2)32)18-11-20-24(41-14-40-20)25-22(18)30(13-39-25)19(12-21(33)37-4)26(43-27(34)17-9-7-6-8-10-17)29(15,3)44-31(30,36)28(35)38-5/h6-12,15,23,26,36H,13-14H2,1-5H3. The quantitative estimate of drug-likeness (QED) is 0.298. The van der Waals surface area contributed by atoms with Crippen LogP contribution in [0.4, 0.5) is 0 Å². The maximum atomic E-state index is 13.7. The van der Waals surface area contributed by atoms with Crippen LogP contribution in [0.15, 0.2) is 48.0 Å². The van der Waals surface area contributed by atoms with E-state index in [0.29, 0.717) is 5.56 Å². The van der Waals surface area contributed by atoms with Crippen LogP contribution in [0.2, 0.25) is 0 Å². The Morgan fingerprint density at radius 1 is 1.00 bits per heavy atom. The molecule has 2 aromatic carbocycles. The molecule has 1 saturated heterocycles. The number of carbonyl (C=O) groups is 4. The molecule has 0 radical (unpaired) electrons. The number of rotatable bonds is 5. The number of fused-ring (bicyclic) bond motifs is 5. The van der Waals surface area contributed by atoms with Crippen LogP contribution in [-0.2, 0) is 43.5 Å². The minimum atomic E-state index is -2.87. The molecule has 2 bridgehead atoms. The van der Waals surface area contributed by atoms with Crippen LogP contribution in [0.3, 0.4) is 0 Å². The van der Waals surface area contributed by atoms with Crippen molar-refractivity contribution in [3.8, 4) is 17.2 Å². The van der Waals surface area contributed by atoms with Gasteiger partial charge in [0.25, 0.3) is 5.79 Å². The molecule has 4 heterocycles. The number of carbonyl (C=O) groups excluding carboxylic acids is 4. The Hall–Kier alpha value is -4.62. The van der Waals surface area contributed by atoms with Crippen molar-refractivity contribution in [1.82, 2.24) is 0 Å². The zero-order valence-electron chi connectivity index (χ0n) is 24.5. The summed E-state index contributed by atoms with van der Waals surface area (Å²) in [6.07, 6.45) is -1.54. The molecular weight excluding hydrogens is 580 g/mol. The van der Waals surface area contributed by atoms with Crippen molar-refractivity contribution >= 4 is 23.9 Å². The first kappa shape index (κ1) is 29.5. The highest BCUT2D eigenvalue weighted by Gasteiger charge is 2.77. The first-order valence-electron chi connectivity index (χ1n) is 13.8. The number of methoxy groups -OCH3 is 2. The summed E-state index contributed by atoms with van der Waals surface area (Å²) in [7, 11) is 2.21. The third-order valence-electron chi connectivity index (χ3n) is 8.88. The van der Waals surface area contributed by atoms with Gasteiger partial charge in [-0.1, -0.05) is 25.1 Å². The van der Waals surface area contributed by atoms with Crippen LogP contribution < -0.4 is 14.2 Å². The summed E-state index contributed by atoms with van der Waals surface area (Å²) < 4.78 is 46.0. The van der Waals surface area contributed by atoms with Gasteiger partial charge in [0.15, 0.2) is 17.6 Å². The number of hydrogen-bond donors (Lipinski definition) is 1. The second kappa shape index (κ2) is 10.2. The van der Waals surface area contributed by atoms with E-state index < -0.39 is 65.4 Å². The monoisotopic (exact) mass is 610 g/mol. The van der Waals surface area contributed by atoms with Gasteiger partial charge in [-0.05, 0) is 25.1 Å². The van der Waals surface area contributed by atoms with Crippen LogP contribution in [0.1, 0.15) is 48.4 Å². The summed E-state index contributed by atoms with van der Waals surface area (Å²) in [6, 6.07) is 9.67. The Morgan fingerprint density at radius 2 is 1.73 bits per heavy atom. The van der Waals surface area contributed by atoms with Crippen molar-refractivity contribution in [3.63, 3.8) is 0 Å². The maximum Gasteiger partial charge on any atom is 0.367 e. The summed E-state index contributed by atoms with van der Waals surface area (Å²) in [4.78, 5) is 52.9. The SMILES string of the molecule is COC(=O)C=C1C(OC(=O)c2ccccc2)C2(C)OC(O)(C(=O)OC)C13COc1c4c(cc(c13)C(OC(C)=O)C2C)OCO4. The number of benzene rings is 2. The maximum absolute atomic E-state index is 13.7. The van der Waals surface area contributed by atoms with Crippen molar-refractivity contribution in [3.05, 3.63) is 64.7 Å². The van der Waals surface area contributed by atoms with Gasteiger partial charge >= 0.3 is 23.9 Å². The fraction of sp³-hybridized carbons (Fsp3) is 0.419. The number of ether oxygens (including phenoxy) is 8. The lowest BCUT2D eigenvalue weighted by atomic mass is 9.56. The van der Waals surface area contributed by atoms with E-state index in [1.54, 1.807) is 31.2 Å². The molecule has 5 aliphatic rings. The summed E-state index contributed by atoms with van der Waals surface area (Å²) in [5.41, 5.74) is -3.45. The lowest BCUT2D eigenvalue weighted by Crippen LogP contribution is -2.75. The summed E-state index contributed by atoms with van der Waals surface area (Å²) in [5, 5.41) is 12.5. The number of hydrogen-bond acceptors (Lipinski definition) is 13. The first-order valence-corrected chi connectivity index (χ1v) is 13.8. The van der Waals surface area contributed by atoms with Crippen LogP contribution in [0.5, 0.6) is 17.2 Å². The topological polar surface area (TPSA) is 162 Å². The average Bonchev–Trinajstić information content (AvgIpc) is 3.65. The molecule has 7 rings (SSSR count). The second-order valence-electron chi connectivity index (χ2n) is 11.1. The Kier molecular flexibility index (Phi) is 6.85. The van der Waals surface area contributed by atoms with Gasteiger partial charge < -0.3 is 43.0 Å². The van der Waals surface area contributed by atoms with E-state index in [1.807, 2.05) is 0 Å². The molecule has 6 unspecified atom stereocenters. The molecule has 2 aromatic rings. The largest absolute Gasteiger partial charge is 0.488 e. The van der Waals surface area contributed by atoms with Crippen molar-refractivity contribution in [1.29, 1.82) is 0 Å². The Labute approximate surface area is 251 Å². The van der Waals surface area contributed by atoms with Crippen molar-refractivity contribution in [2.75, 3.05) is 27.6 Å². The molecule has 0 saturated carbocycles. The smallest absolute Gasteiger partial charge is 0.367 e. The number of esters is 4. The molecule has 1 spiro atoms. The normalized spacial score (nSPS) is 31.7. The molecule has 13 nitrogen and oxygen atoms in total. The van der Waals surface area contributed by atoms with Crippen LogP contribution in [0, 0.1) is 5.92 Å². The van der Waals surface area contributed by atoms with E-state index in [-0.39, 0.29) is 40.7 Å². The van der Waals surface area contributed by atoms with Crippen molar-refractivity contribution in [2.45, 2.75) is 49.8 Å². The van der Waals surface area contributed by atoms with Crippen molar-refractivity contribution < 1.29 is 62.2 Å². The van der Waals surface area contributed by atoms with Gasteiger partial charge in [-0.2, -0.15) is 0 Å². The van der Waals surface area contributed by atoms with E-state index in [1.165, 1.54) is 26.0 Å². The predicted molar refractivity (Wildman–Crippen MR) is 146 cm³/mol. The highest BCUT2D eigenvalue weighted by molar-refractivity contribution is 5.91. The zero-order chi connectivity index (χ0) is 31.6. The fourth-order valence-electron chi connectivity index (χ4n) is 6.68. The third kappa shape index (κ3) is 3.92. The van der Waals surface area contributed by atoms with Gasteiger partial charge in [-0.3, -0.25) is 4.79 Å². The van der Waals surface area contributed by atoms with Gasteiger partial charge in [0.05, 0.1) is 19.8 Å². The van der Waals surface area contributed by atoms with Gasteiger partial charge in [-0.15, -0.1) is 0 Å². The predicted octanol–water partition coefficient (Wildman–Crippen LogP) is 2.27. The van der Waals surface area contributed by atoms with Gasteiger partial charge in [0, 0.05) is 35.6 Å². The zero-order valence-corrected chi connectivity index (χ0v) is 24.5. The molecule has 0 amide bonds. The summed E-state index contributed by atoms with van der Waals surface area (Å²) >= 11 is 0. The van der Waals surface area contributed by atoms with Crippen LogP contribution in [-0.4, -0.2) is 74.1 Å². The summed E-state index contributed by atoms with van der Waals surface area (Å²) in [5.74, 6) is -6.88. The van der Waals surface area contributed by atoms with Crippen LogP contribution in [0.25, 0.3) is 0 Å². The Morgan fingerprint density at radius 3 is 2.39 bits per heavy atom. The van der Waals surface area contributed by atoms with Crippen molar-refractivity contribution in [2.24, 2.45) is 5.92 Å². The minimum Gasteiger partial charge on any atom is -0.488 e. The molecule has 1 aliphatic carbocycles. The van der Waals surface area contributed by atoms with E-state index in [9.17, 15) is 24.3 Å². The van der Waals surface area contributed by atoms with E-state index in [0.717, 1.165) is 20.3 Å². The molecule has 0 aromatic heterocycles. The Balaban J connectivity index is 1.73. The molecule has 1 fully saturated rings. The minimum absolute atomic E-state index is 0.0553. The third-order valence-corrected chi connectivity index (χ3v) is 8.88. The van der Waals surface area contributed by atoms with E-state index >= 15 is 0 Å². The lowest BCUT2D eigenvalue weighted by molar-refractivity contribution is -0.337. The van der Waals surface area contributed by atoms with Gasteiger partial charge in [-0.25, -0.2) is 14.4 Å². The molecule has 1 N–H and O–H groups in total.